The van der Waals surface area contributed by atoms with E-state index in [0.717, 1.165) is 16.6 Å². The van der Waals surface area contributed by atoms with Crippen molar-refractivity contribution in [3.63, 3.8) is 0 Å². The van der Waals surface area contributed by atoms with Crippen LogP contribution in [0.5, 0.6) is 5.75 Å². The first kappa shape index (κ1) is 25.6. The Labute approximate surface area is 223 Å². The predicted molar refractivity (Wildman–Crippen MR) is 140 cm³/mol. The number of amides is 2. The third-order valence-corrected chi connectivity index (χ3v) is 7.01. The maximum absolute atomic E-state index is 14.5. The third-order valence-electron chi connectivity index (χ3n) is 6.67. The second-order valence-electron chi connectivity index (χ2n) is 9.42. The van der Waals surface area contributed by atoms with Crippen molar-refractivity contribution in [3.8, 4) is 17.1 Å². The summed E-state index contributed by atoms with van der Waals surface area (Å²) >= 11 is 6.49. The second kappa shape index (κ2) is 10.0. The number of para-hydroxylation sites is 1. The summed E-state index contributed by atoms with van der Waals surface area (Å²) in [7, 11) is 1.82. The summed E-state index contributed by atoms with van der Waals surface area (Å²) in [4.78, 5) is 35.3. The Bertz CT molecular complexity index is 1570. The van der Waals surface area contributed by atoms with Crippen LogP contribution >= 0.6 is 11.6 Å². The van der Waals surface area contributed by atoms with E-state index < -0.39 is 23.7 Å². The van der Waals surface area contributed by atoms with Crippen LogP contribution in [0.25, 0.3) is 22.3 Å². The fraction of sp³-hybridized carbons (Fsp3) is 0.296. The number of benzene rings is 2. The molecule has 5 rings (SSSR count). The zero-order valence-corrected chi connectivity index (χ0v) is 22.1. The van der Waals surface area contributed by atoms with Crippen molar-refractivity contribution in [3.05, 3.63) is 70.4 Å². The lowest BCUT2D eigenvalue weighted by atomic mass is 9.98. The van der Waals surface area contributed by atoms with Gasteiger partial charge in [0.1, 0.15) is 30.0 Å². The van der Waals surface area contributed by atoms with Gasteiger partial charge in [0.2, 0.25) is 0 Å². The number of carbonyl (C=O) groups is 2. The van der Waals surface area contributed by atoms with E-state index in [4.69, 9.17) is 21.3 Å². The molecular formula is C27H26ClFN6O3. The first-order chi connectivity index (χ1) is 18.1. The maximum Gasteiger partial charge on any atom is 0.312 e. The molecule has 3 heterocycles. The molecule has 2 aromatic carbocycles. The van der Waals surface area contributed by atoms with Crippen molar-refractivity contribution in [1.82, 2.24) is 30.0 Å². The number of piperazine rings is 1. The van der Waals surface area contributed by atoms with Gasteiger partial charge >= 0.3 is 11.8 Å². The van der Waals surface area contributed by atoms with E-state index in [1.165, 1.54) is 23.4 Å². The van der Waals surface area contributed by atoms with Crippen LogP contribution in [-0.4, -0.2) is 49.0 Å². The van der Waals surface area contributed by atoms with Crippen molar-refractivity contribution in [1.29, 1.82) is 0 Å². The van der Waals surface area contributed by atoms with Gasteiger partial charge in [0, 0.05) is 41.8 Å². The standard InChI is InChI=1S/C27H26ClFN6O3/c1-14-8-20(25-30-13-31-34(25)4)18-6-5-7-23(24(18)32-14)38-12-21-19(9-17(29)10-22(21)28)16(3)35-11-15(2)33-26(36)27(35)37/h5-10,13,15-16H,11-12H2,1-4H3,(H,33,36)/t15-,16-/m0/s1. The monoisotopic (exact) mass is 536 g/mol. The van der Waals surface area contributed by atoms with Gasteiger partial charge in [-0.15, -0.1) is 0 Å². The number of rotatable bonds is 6. The summed E-state index contributed by atoms with van der Waals surface area (Å²) in [5.41, 5.74) is 3.26. The average molecular weight is 537 g/mol. The van der Waals surface area contributed by atoms with Crippen LogP contribution in [0.15, 0.2) is 42.7 Å². The summed E-state index contributed by atoms with van der Waals surface area (Å²) in [6.07, 6.45) is 1.49. The predicted octanol–water partition coefficient (Wildman–Crippen LogP) is 4.12. The number of carbonyl (C=O) groups excluding carboxylic acids is 2. The Hall–Kier alpha value is -4.05. The summed E-state index contributed by atoms with van der Waals surface area (Å²) < 4.78 is 22.4. The number of halogens is 2. The molecule has 196 valence electrons. The first-order valence-electron chi connectivity index (χ1n) is 12.1. The fourth-order valence-corrected chi connectivity index (χ4v) is 5.10. The van der Waals surface area contributed by atoms with Crippen molar-refractivity contribution in [2.45, 2.75) is 39.5 Å². The van der Waals surface area contributed by atoms with Gasteiger partial charge in [-0.2, -0.15) is 5.10 Å². The lowest BCUT2D eigenvalue weighted by molar-refractivity contribution is -0.151. The van der Waals surface area contributed by atoms with E-state index in [-0.39, 0.29) is 24.2 Å². The number of ether oxygens (including phenoxy) is 1. The Morgan fingerprint density at radius 1 is 1.26 bits per heavy atom. The molecule has 11 heteroatoms. The van der Waals surface area contributed by atoms with Gasteiger partial charge < -0.3 is 15.0 Å². The Morgan fingerprint density at radius 2 is 2.05 bits per heavy atom. The molecule has 0 aliphatic carbocycles. The number of pyridine rings is 1. The topological polar surface area (TPSA) is 102 Å². The minimum absolute atomic E-state index is 0.00338. The molecule has 1 aliphatic rings. The zero-order chi connectivity index (χ0) is 27.1. The number of aromatic nitrogens is 4. The molecule has 2 aromatic heterocycles. The number of fused-ring (bicyclic) bond motifs is 1. The Kier molecular flexibility index (Phi) is 6.75. The van der Waals surface area contributed by atoms with Crippen LogP contribution in [0.2, 0.25) is 5.02 Å². The molecule has 1 fully saturated rings. The van der Waals surface area contributed by atoms with Gasteiger partial charge in [0.25, 0.3) is 0 Å². The van der Waals surface area contributed by atoms with Crippen molar-refractivity contribution in [2.75, 3.05) is 6.54 Å². The van der Waals surface area contributed by atoms with E-state index in [9.17, 15) is 14.0 Å². The van der Waals surface area contributed by atoms with Crippen molar-refractivity contribution < 1.29 is 18.7 Å². The highest BCUT2D eigenvalue weighted by Crippen LogP contribution is 2.35. The quantitative estimate of drug-likeness (QED) is 0.372. The van der Waals surface area contributed by atoms with Gasteiger partial charge in [-0.05, 0) is 50.6 Å². The van der Waals surface area contributed by atoms with E-state index in [1.54, 1.807) is 24.6 Å². The number of nitrogens with zero attached hydrogens (tertiary/aromatic N) is 5. The van der Waals surface area contributed by atoms with E-state index in [2.05, 4.69) is 15.4 Å². The molecule has 0 bridgehead atoms. The van der Waals surface area contributed by atoms with Crippen LogP contribution < -0.4 is 10.1 Å². The first-order valence-corrected chi connectivity index (χ1v) is 12.5. The van der Waals surface area contributed by atoms with Gasteiger partial charge in [-0.1, -0.05) is 23.7 Å². The largest absolute Gasteiger partial charge is 0.487 e. The molecule has 0 spiro atoms. The molecule has 2 atom stereocenters. The smallest absolute Gasteiger partial charge is 0.312 e. The van der Waals surface area contributed by atoms with Crippen LogP contribution in [0.1, 0.15) is 36.7 Å². The molecule has 1 aliphatic heterocycles. The normalized spacial score (nSPS) is 16.6. The number of nitrogens with one attached hydrogen (secondary N) is 1. The highest BCUT2D eigenvalue weighted by atomic mass is 35.5. The van der Waals surface area contributed by atoms with E-state index >= 15 is 0 Å². The Morgan fingerprint density at radius 3 is 2.79 bits per heavy atom. The number of hydrogen-bond acceptors (Lipinski definition) is 6. The minimum atomic E-state index is -0.688. The van der Waals surface area contributed by atoms with Gasteiger partial charge in [0.15, 0.2) is 5.82 Å². The van der Waals surface area contributed by atoms with E-state index in [1.807, 2.05) is 32.2 Å². The van der Waals surface area contributed by atoms with Crippen molar-refractivity contribution >= 4 is 34.3 Å². The summed E-state index contributed by atoms with van der Waals surface area (Å²) in [5, 5.41) is 7.80. The van der Waals surface area contributed by atoms with Gasteiger partial charge in [-0.3, -0.25) is 9.59 Å². The number of aryl methyl sites for hydroxylation is 2. The molecule has 9 nitrogen and oxygen atoms in total. The van der Waals surface area contributed by atoms with Crippen molar-refractivity contribution in [2.24, 2.45) is 7.05 Å². The molecule has 2 amide bonds. The summed E-state index contributed by atoms with van der Waals surface area (Å²) in [6.45, 7) is 5.72. The highest BCUT2D eigenvalue weighted by Gasteiger charge is 2.35. The van der Waals surface area contributed by atoms with Crippen LogP contribution in [0, 0.1) is 12.7 Å². The number of hydrogen-bond donors (Lipinski definition) is 1. The molecule has 0 unspecified atom stereocenters. The molecule has 4 aromatic rings. The van der Waals surface area contributed by atoms with Gasteiger partial charge in [0.05, 0.1) is 11.1 Å². The van der Waals surface area contributed by atoms with Gasteiger partial charge in [-0.25, -0.2) is 19.0 Å². The summed E-state index contributed by atoms with van der Waals surface area (Å²) in [5.74, 6) is -0.700. The maximum atomic E-state index is 14.5. The minimum Gasteiger partial charge on any atom is -0.487 e. The zero-order valence-electron chi connectivity index (χ0n) is 21.3. The highest BCUT2D eigenvalue weighted by molar-refractivity contribution is 6.35. The van der Waals surface area contributed by atoms with Crippen LogP contribution in [-0.2, 0) is 23.2 Å². The third kappa shape index (κ3) is 4.67. The average Bonchev–Trinajstić information content (AvgIpc) is 3.30. The Balaban J connectivity index is 1.52. The lowest BCUT2D eigenvalue weighted by Crippen LogP contribution is -2.57. The van der Waals surface area contributed by atoms with E-state index in [0.29, 0.717) is 28.2 Å². The fourth-order valence-electron chi connectivity index (χ4n) is 4.83. The van der Waals surface area contributed by atoms with Crippen LogP contribution in [0.4, 0.5) is 4.39 Å². The second-order valence-corrected chi connectivity index (χ2v) is 9.83. The molecule has 1 N–H and O–H groups in total. The molecule has 38 heavy (non-hydrogen) atoms. The SMILES string of the molecule is Cc1cc(-c2ncnn2C)c2cccc(OCc3c(Cl)cc(F)cc3[C@H](C)N3C[C@H](C)NC(=O)C3=O)c2n1. The molecule has 1 saturated heterocycles. The summed E-state index contributed by atoms with van der Waals surface area (Å²) in [6, 6.07) is 9.23. The lowest BCUT2D eigenvalue weighted by Gasteiger charge is -2.36. The van der Waals surface area contributed by atoms with Crippen LogP contribution in [0.3, 0.4) is 0 Å². The molecule has 0 radical (unpaired) electrons. The molecular weight excluding hydrogens is 511 g/mol. The molecule has 0 saturated carbocycles.